The van der Waals surface area contributed by atoms with Gasteiger partial charge in [0.05, 0.1) is 21.6 Å². The maximum Gasteiger partial charge on any atom is 0.407 e. The molecule has 2 unspecified atom stereocenters. The summed E-state index contributed by atoms with van der Waals surface area (Å²) in [5.74, 6) is 0.00969. The molecular formula is C29H32N4O3S2. The molecule has 0 fully saturated rings. The van der Waals surface area contributed by atoms with Gasteiger partial charge in [-0.2, -0.15) is 0 Å². The van der Waals surface area contributed by atoms with Crippen LogP contribution in [0.4, 0.5) is 4.79 Å². The first-order valence-corrected chi connectivity index (χ1v) is 14.5. The number of aromatic nitrogens is 2. The SMILES string of the molecule is O=C(CCc1cscn1)NC(CCC(Cc1ccccc1)NC(=O)OCc1cncs1)Cc1ccccc1. The third-order valence-electron chi connectivity index (χ3n) is 6.12. The summed E-state index contributed by atoms with van der Waals surface area (Å²) in [6, 6.07) is 20.0. The van der Waals surface area contributed by atoms with Crippen molar-refractivity contribution in [3.8, 4) is 0 Å². The van der Waals surface area contributed by atoms with Gasteiger partial charge in [0.15, 0.2) is 0 Å². The third-order valence-corrected chi connectivity index (χ3v) is 7.51. The second kappa shape index (κ2) is 15.0. The van der Waals surface area contributed by atoms with E-state index in [-0.39, 0.29) is 24.6 Å². The van der Waals surface area contributed by atoms with E-state index >= 15 is 0 Å². The molecule has 38 heavy (non-hydrogen) atoms. The molecule has 0 saturated heterocycles. The summed E-state index contributed by atoms with van der Waals surface area (Å²) in [5.41, 5.74) is 6.73. The van der Waals surface area contributed by atoms with Gasteiger partial charge < -0.3 is 15.4 Å². The minimum Gasteiger partial charge on any atom is -0.444 e. The number of nitrogens with one attached hydrogen (secondary N) is 2. The van der Waals surface area contributed by atoms with Gasteiger partial charge in [0.2, 0.25) is 5.91 Å². The van der Waals surface area contributed by atoms with Gasteiger partial charge in [-0.1, -0.05) is 60.7 Å². The van der Waals surface area contributed by atoms with Crippen molar-refractivity contribution in [1.29, 1.82) is 0 Å². The fraction of sp³-hybridized carbons (Fsp3) is 0.310. The Morgan fingerprint density at radius 3 is 2.11 bits per heavy atom. The van der Waals surface area contributed by atoms with Crippen LogP contribution in [0.3, 0.4) is 0 Å². The third kappa shape index (κ3) is 9.72. The molecule has 2 N–H and O–H groups in total. The van der Waals surface area contributed by atoms with Crippen LogP contribution in [0.1, 0.15) is 41.0 Å². The van der Waals surface area contributed by atoms with Gasteiger partial charge in [-0.05, 0) is 43.2 Å². The van der Waals surface area contributed by atoms with Crippen LogP contribution in [0, 0.1) is 0 Å². The van der Waals surface area contributed by atoms with Crippen LogP contribution in [0.15, 0.2) is 83.3 Å². The molecule has 0 radical (unpaired) electrons. The van der Waals surface area contributed by atoms with Crippen LogP contribution in [0.5, 0.6) is 0 Å². The van der Waals surface area contributed by atoms with Crippen molar-refractivity contribution in [2.75, 3.05) is 0 Å². The maximum atomic E-state index is 12.8. The summed E-state index contributed by atoms with van der Waals surface area (Å²) in [7, 11) is 0. The number of nitrogens with zero attached hydrogens (tertiary/aromatic N) is 2. The number of benzene rings is 2. The number of hydrogen-bond acceptors (Lipinski definition) is 7. The second-order valence-corrected chi connectivity index (χ2v) is 10.8. The summed E-state index contributed by atoms with van der Waals surface area (Å²) in [6.45, 7) is 0.195. The van der Waals surface area contributed by atoms with Crippen LogP contribution in [0.25, 0.3) is 0 Å². The molecule has 0 spiro atoms. The van der Waals surface area contributed by atoms with Gasteiger partial charge in [0.25, 0.3) is 0 Å². The highest BCUT2D eigenvalue weighted by Crippen LogP contribution is 2.15. The highest BCUT2D eigenvalue weighted by molar-refractivity contribution is 7.09. The summed E-state index contributed by atoms with van der Waals surface area (Å²) >= 11 is 2.99. The van der Waals surface area contributed by atoms with Gasteiger partial charge in [-0.25, -0.2) is 9.78 Å². The fourth-order valence-corrected chi connectivity index (χ4v) is 5.31. The van der Waals surface area contributed by atoms with Crippen molar-refractivity contribution in [3.05, 3.63) is 105 Å². The number of alkyl carbamates (subject to hydrolysis) is 1. The normalized spacial score (nSPS) is 12.4. The Bertz CT molecular complexity index is 1120. The smallest absolute Gasteiger partial charge is 0.407 e. The van der Waals surface area contributed by atoms with E-state index in [1.165, 1.54) is 22.7 Å². The van der Waals surface area contributed by atoms with Crippen molar-refractivity contribution in [3.63, 3.8) is 0 Å². The lowest BCUT2D eigenvalue weighted by atomic mass is 9.96. The molecule has 2 atom stereocenters. The Balaban J connectivity index is 1.38. The molecule has 2 aromatic carbocycles. The molecule has 0 aliphatic heterocycles. The Kier molecular flexibility index (Phi) is 10.8. The van der Waals surface area contributed by atoms with Gasteiger partial charge >= 0.3 is 6.09 Å². The first-order chi connectivity index (χ1) is 18.6. The molecule has 0 aliphatic carbocycles. The van der Waals surface area contributed by atoms with Crippen LogP contribution in [-0.2, 0) is 35.4 Å². The summed E-state index contributed by atoms with van der Waals surface area (Å²) in [5, 5.41) is 8.25. The van der Waals surface area contributed by atoms with Crippen LogP contribution in [0.2, 0.25) is 0 Å². The number of carbonyl (C=O) groups is 2. The maximum absolute atomic E-state index is 12.8. The van der Waals surface area contributed by atoms with Crippen LogP contribution in [-0.4, -0.2) is 34.1 Å². The highest BCUT2D eigenvalue weighted by atomic mass is 32.1. The van der Waals surface area contributed by atoms with E-state index in [1.807, 2.05) is 41.8 Å². The Hall–Kier alpha value is -3.56. The predicted octanol–water partition coefficient (Wildman–Crippen LogP) is 5.58. The standard InChI is InChI=1S/C29H32N4O3S2/c34-28(14-13-26-19-37-21-31-26)32-24(15-22-7-3-1-4-8-22)11-12-25(16-23-9-5-2-6-10-23)33-29(35)36-18-27-17-30-20-38-27/h1-10,17,19-21,24-25H,11-16,18H2,(H,32,34)(H,33,35). The fourth-order valence-electron chi connectivity index (χ4n) is 4.21. The van der Waals surface area contributed by atoms with Crippen LogP contribution >= 0.6 is 22.7 Å². The molecule has 0 bridgehead atoms. The van der Waals surface area contributed by atoms with Crippen LogP contribution < -0.4 is 10.6 Å². The molecule has 2 aromatic heterocycles. The van der Waals surface area contributed by atoms with Crippen molar-refractivity contribution < 1.29 is 14.3 Å². The van der Waals surface area contributed by atoms with Crippen molar-refractivity contribution in [2.45, 2.75) is 57.2 Å². The molecule has 2 amide bonds. The first-order valence-electron chi connectivity index (χ1n) is 12.7. The highest BCUT2D eigenvalue weighted by Gasteiger charge is 2.19. The lowest BCUT2D eigenvalue weighted by Crippen LogP contribution is -2.41. The predicted molar refractivity (Wildman–Crippen MR) is 151 cm³/mol. The lowest BCUT2D eigenvalue weighted by molar-refractivity contribution is -0.121. The molecule has 0 saturated carbocycles. The average molecular weight is 549 g/mol. The largest absolute Gasteiger partial charge is 0.444 e. The molecule has 2 heterocycles. The number of rotatable bonds is 14. The van der Waals surface area contributed by atoms with Gasteiger partial charge in [-0.3, -0.25) is 9.78 Å². The topological polar surface area (TPSA) is 93.2 Å². The van der Waals surface area contributed by atoms with Crippen molar-refractivity contribution >= 4 is 34.7 Å². The van der Waals surface area contributed by atoms with Gasteiger partial charge in [0, 0.05) is 30.1 Å². The van der Waals surface area contributed by atoms with Gasteiger partial charge in [0.1, 0.15) is 6.61 Å². The van der Waals surface area contributed by atoms with E-state index < -0.39 is 6.09 Å². The molecule has 198 valence electrons. The summed E-state index contributed by atoms with van der Waals surface area (Å²) < 4.78 is 5.43. The molecule has 4 aromatic rings. The van der Waals surface area contributed by atoms with E-state index in [1.54, 1.807) is 17.2 Å². The Morgan fingerprint density at radius 2 is 1.53 bits per heavy atom. The minimum absolute atomic E-state index is 0.00969. The number of thiazole rings is 2. The second-order valence-electron chi connectivity index (χ2n) is 9.09. The lowest BCUT2D eigenvalue weighted by Gasteiger charge is -2.24. The molecular weight excluding hydrogens is 516 g/mol. The van der Waals surface area contributed by atoms with E-state index in [2.05, 4.69) is 44.9 Å². The average Bonchev–Trinajstić information content (AvgIpc) is 3.65. The molecule has 4 rings (SSSR count). The quantitative estimate of drug-likeness (QED) is 0.215. The number of carbonyl (C=O) groups excluding carboxylic acids is 2. The van der Waals surface area contributed by atoms with Gasteiger partial charge in [-0.15, -0.1) is 22.7 Å². The minimum atomic E-state index is -0.453. The first kappa shape index (κ1) is 27.5. The zero-order valence-corrected chi connectivity index (χ0v) is 22.8. The Labute approximate surface area is 231 Å². The van der Waals surface area contributed by atoms with Crippen molar-refractivity contribution in [1.82, 2.24) is 20.6 Å². The van der Waals surface area contributed by atoms with E-state index in [4.69, 9.17) is 4.74 Å². The van der Waals surface area contributed by atoms with E-state index in [0.29, 0.717) is 32.1 Å². The number of amides is 2. The van der Waals surface area contributed by atoms with E-state index in [9.17, 15) is 9.59 Å². The molecule has 0 aliphatic rings. The number of hydrogen-bond donors (Lipinski definition) is 2. The summed E-state index contributed by atoms with van der Waals surface area (Å²) in [4.78, 5) is 34.6. The van der Waals surface area contributed by atoms with E-state index in [0.717, 1.165) is 28.1 Å². The molecule has 7 nitrogen and oxygen atoms in total. The zero-order chi connectivity index (χ0) is 26.4. The molecule has 9 heteroatoms. The number of aryl methyl sites for hydroxylation is 1. The van der Waals surface area contributed by atoms with Crippen molar-refractivity contribution in [2.24, 2.45) is 0 Å². The Morgan fingerprint density at radius 1 is 0.868 bits per heavy atom. The number of ether oxygens (including phenoxy) is 1. The summed E-state index contributed by atoms with van der Waals surface area (Å²) in [6.07, 6.45) is 5.06. The zero-order valence-electron chi connectivity index (χ0n) is 21.1. The monoisotopic (exact) mass is 548 g/mol.